The summed E-state index contributed by atoms with van der Waals surface area (Å²) in [6, 6.07) is 87.0. The molecule has 0 radical (unpaired) electrons. The molecule has 6 heteroatoms. The second-order valence-electron chi connectivity index (χ2n) is 17.4. The van der Waals surface area contributed by atoms with Crippen LogP contribution in [0.15, 0.2) is 243 Å². The van der Waals surface area contributed by atoms with Crippen molar-refractivity contribution in [1.29, 1.82) is 0 Å². The third-order valence-electron chi connectivity index (χ3n) is 13.7. The zero-order chi connectivity index (χ0) is 44.7. The maximum atomic E-state index is 4.89. The van der Waals surface area contributed by atoms with Crippen LogP contribution >= 0.6 is 0 Å². The highest BCUT2D eigenvalue weighted by atomic mass is 15.3. The molecule has 0 aliphatic carbocycles. The monoisotopic (exact) mass is 868 g/mol. The van der Waals surface area contributed by atoms with E-state index in [1.165, 1.54) is 38.0 Å². The molecule has 0 saturated carbocycles. The molecular formula is C62H40N6. The first-order chi connectivity index (χ1) is 33.8. The van der Waals surface area contributed by atoms with Crippen LogP contribution in [0.3, 0.4) is 0 Å². The molecule has 0 atom stereocenters. The van der Waals surface area contributed by atoms with Gasteiger partial charge in [-0.25, -0.2) is 0 Å². The van der Waals surface area contributed by atoms with Crippen LogP contribution in [-0.2, 0) is 0 Å². The zero-order valence-corrected chi connectivity index (χ0v) is 36.8. The van der Waals surface area contributed by atoms with Gasteiger partial charge in [-0.3, -0.25) is 4.57 Å². The molecule has 0 aliphatic heterocycles. The molecule has 318 valence electrons. The maximum Gasteiger partial charge on any atom is 0.168 e. The summed E-state index contributed by atoms with van der Waals surface area (Å²) in [6.07, 6.45) is 0. The van der Waals surface area contributed by atoms with Crippen molar-refractivity contribution in [2.75, 3.05) is 0 Å². The number of fused-ring (bicyclic) bond motifs is 10. The van der Waals surface area contributed by atoms with Crippen LogP contribution in [0.2, 0.25) is 0 Å². The van der Waals surface area contributed by atoms with Crippen LogP contribution in [0.5, 0.6) is 0 Å². The maximum absolute atomic E-state index is 4.89. The second-order valence-corrected chi connectivity index (χ2v) is 17.4. The minimum Gasteiger partial charge on any atom is -0.309 e. The highest BCUT2D eigenvalue weighted by Crippen LogP contribution is 2.44. The molecule has 0 unspecified atom stereocenters. The van der Waals surface area contributed by atoms with Gasteiger partial charge in [-0.15, -0.1) is 10.2 Å². The van der Waals surface area contributed by atoms with Crippen molar-refractivity contribution in [2.24, 2.45) is 0 Å². The predicted octanol–water partition coefficient (Wildman–Crippen LogP) is 15.6. The first kappa shape index (κ1) is 38.1. The van der Waals surface area contributed by atoms with Gasteiger partial charge in [-0.1, -0.05) is 182 Å². The van der Waals surface area contributed by atoms with Gasteiger partial charge in [0.1, 0.15) is 0 Å². The average molecular weight is 869 g/mol. The van der Waals surface area contributed by atoms with Crippen molar-refractivity contribution in [2.45, 2.75) is 0 Å². The lowest BCUT2D eigenvalue weighted by Gasteiger charge is -2.18. The number of hydrogen-bond donors (Lipinski definition) is 0. The highest BCUT2D eigenvalue weighted by molar-refractivity contribution is 6.26. The van der Waals surface area contributed by atoms with Gasteiger partial charge < -0.3 is 13.7 Å². The molecule has 6 nitrogen and oxygen atoms in total. The van der Waals surface area contributed by atoms with Crippen LogP contribution in [0, 0.1) is 0 Å². The first-order valence-electron chi connectivity index (χ1n) is 23.1. The Morgan fingerprint density at radius 1 is 0.265 bits per heavy atom. The van der Waals surface area contributed by atoms with Crippen LogP contribution in [0.4, 0.5) is 0 Å². The summed E-state index contributed by atoms with van der Waals surface area (Å²) in [5, 5.41) is 17.1. The van der Waals surface area contributed by atoms with Gasteiger partial charge in [0.25, 0.3) is 0 Å². The van der Waals surface area contributed by atoms with Gasteiger partial charge in [-0.05, 0) is 66.2 Å². The average Bonchev–Trinajstić information content (AvgIpc) is 4.18. The van der Waals surface area contributed by atoms with Crippen LogP contribution < -0.4 is 0 Å². The molecule has 14 rings (SSSR count). The van der Waals surface area contributed by atoms with E-state index in [1.807, 2.05) is 12.1 Å². The molecule has 10 aromatic carbocycles. The summed E-state index contributed by atoms with van der Waals surface area (Å²) in [5.41, 5.74) is 15.5. The number of rotatable bonds is 7. The molecular weight excluding hydrogens is 829 g/mol. The summed E-state index contributed by atoms with van der Waals surface area (Å²) >= 11 is 0. The zero-order valence-electron chi connectivity index (χ0n) is 36.8. The van der Waals surface area contributed by atoms with Crippen molar-refractivity contribution in [3.05, 3.63) is 243 Å². The highest BCUT2D eigenvalue weighted by Gasteiger charge is 2.25. The SMILES string of the molecule is c1ccc(-c2nnc(-c3ccccc3)n2-c2cccc3c4ccccc4n(-c4ccccc4-c4cccc(-n5c6ccccc6c6c5ccc5c7ccccc7n(-c7ccccc7)c56)c4)c23)cc1. The Kier molecular flexibility index (Phi) is 8.48. The lowest BCUT2D eigenvalue weighted by Crippen LogP contribution is -2.05. The van der Waals surface area contributed by atoms with E-state index >= 15 is 0 Å². The van der Waals surface area contributed by atoms with Crippen molar-refractivity contribution in [3.8, 4) is 56.7 Å². The Bertz CT molecular complexity index is 4190. The van der Waals surface area contributed by atoms with Crippen molar-refractivity contribution < 1.29 is 0 Å². The van der Waals surface area contributed by atoms with E-state index in [4.69, 9.17) is 10.2 Å². The van der Waals surface area contributed by atoms with Gasteiger partial charge >= 0.3 is 0 Å². The van der Waals surface area contributed by atoms with E-state index in [0.29, 0.717) is 0 Å². The number of hydrogen-bond acceptors (Lipinski definition) is 2. The van der Waals surface area contributed by atoms with Gasteiger partial charge in [-0.2, -0.15) is 0 Å². The Balaban J connectivity index is 1.01. The molecule has 14 aromatic rings. The quantitative estimate of drug-likeness (QED) is 0.160. The van der Waals surface area contributed by atoms with Gasteiger partial charge in [0.2, 0.25) is 0 Å². The molecule has 4 aromatic heterocycles. The van der Waals surface area contributed by atoms with Gasteiger partial charge in [0.15, 0.2) is 11.6 Å². The lowest BCUT2D eigenvalue weighted by atomic mass is 10.0. The molecule has 0 amide bonds. The normalized spacial score (nSPS) is 11.8. The number of nitrogens with zero attached hydrogens (tertiary/aromatic N) is 6. The van der Waals surface area contributed by atoms with Crippen molar-refractivity contribution in [3.63, 3.8) is 0 Å². The van der Waals surface area contributed by atoms with E-state index < -0.39 is 0 Å². The number of para-hydroxylation sites is 6. The summed E-state index contributed by atoms with van der Waals surface area (Å²) in [7, 11) is 0. The van der Waals surface area contributed by atoms with E-state index in [1.54, 1.807) is 0 Å². The van der Waals surface area contributed by atoms with E-state index in [0.717, 1.165) is 84.1 Å². The molecule has 4 heterocycles. The Hall–Kier alpha value is -9.26. The number of benzene rings is 10. The third kappa shape index (κ3) is 5.64. The van der Waals surface area contributed by atoms with Crippen LogP contribution in [-0.4, -0.2) is 28.5 Å². The molecule has 0 spiro atoms. The standard InChI is InChI=1S/C62H40N6/c1-4-20-41(21-5-1)61-63-64-62(42-22-6-2-7-23-42)68(61)57-37-19-32-49-47-29-12-16-35-54(47)67(59(49)57)52-33-14-10-28-46(52)43-24-18-27-45(40-43)65-55-36-17-13-31-51(55)58-56(65)39-38-50-48-30-11-15-34-53(48)66(60(50)58)44-25-8-3-9-26-44/h1-40H. The smallest absolute Gasteiger partial charge is 0.168 e. The molecule has 68 heavy (non-hydrogen) atoms. The fraction of sp³-hybridized carbons (Fsp3) is 0. The molecule has 0 fully saturated rings. The second kappa shape index (κ2) is 15.2. The third-order valence-corrected chi connectivity index (χ3v) is 13.7. The lowest BCUT2D eigenvalue weighted by molar-refractivity contribution is 1.06. The summed E-state index contributed by atoms with van der Waals surface area (Å²) in [5.74, 6) is 1.56. The fourth-order valence-electron chi connectivity index (χ4n) is 10.8. The number of aromatic nitrogens is 6. The minimum atomic E-state index is 0.780. The predicted molar refractivity (Wildman–Crippen MR) is 281 cm³/mol. The van der Waals surface area contributed by atoms with Crippen molar-refractivity contribution in [1.82, 2.24) is 28.5 Å². The van der Waals surface area contributed by atoms with Gasteiger partial charge in [0.05, 0.1) is 44.5 Å². The summed E-state index contributed by atoms with van der Waals surface area (Å²) < 4.78 is 9.58. The van der Waals surface area contributed by atoms with E-state index in [2.05, 4.69) is 249 Å². The minimum absolute atomic E-state index is 0.780. The van der Waals surface area contributed by atoms with E-state index in [-0.39, 0.29) is 0 Å². The van der Waals surface area contributed by atoms with Crippen LogP contribution in [0.25, 0.3) is 122 Å². The van der Waals surface area contributed by atoms with E-state index in [9.17, 15) is 0 Å². The van der Waals surface area contributed by atoms with Crippen molar-refractivity contribution >= 4 is 65.4 Å². The molecule has 0 saturated heterocycles. The van der Waals surface area contributed by atoms with Gasteiger partial charge in [0, 0.05) is 60.4 Å². The Labute approximate surface area is 391 Å². The fourth-order valence-corrected chi connectivity index (χ4v) is 10.8. The molecule has 0 bridgehead atoms. The summed E-state index contributed by atoms with van der Waals surface area (Å²) in [4.78, 5) is 0. The Morgan fingerprint density at radius 3 is 1.44 bits per heavy atom. The Morgan fingerprint density at radius 2 is 0.750 bits per heavy atom. The molecule has 0 N–H and O–H groups in total. The topological polar surface area (TPSA) is 45.5 Å². The first-order valence-corrected chi connectivity index (χ1v) is 23.1. The summed E-state index contributed by atoms with van der Waals surface area (Å²) in [6.45, 7) is 0. The van der Waals surface area contributed by atoms with Crippen LogP contribution in [0.1, 0.15) is 0 Å². The largest absolute Gasteiger partial charge is 0.309 e. The molecule has 0 aliphatic rings.